The highest BCUT2D eigenvalue weighted by Gasteiger charge is 2.22. The lowest BCUT2D eigenvalue weighted by molar-refractivity contribution is -0.299. The topological polar surface area (TPSA) is 81.3 Å². The quantitative estimate of drug-likeness (QED) is 0.850. The summed E-state index contributed by atoms with van der Waals surface area (Å²) in [4.78, 5) is 22.1. The lowest BCUT2D eigenvalue weighted by atomic mass is 10.0. The number of carboxylic acids is 1. The molecule has 0 bridgehead atoms. The van der Waals surface area contributed by atoms with E-state index in [4.69, 9.17) is 23.2 Å². The van der Waals surface area contributed by atoms with Crippen LogP contribution in [-0.4, -0.2) is 12.0 Å². The molecule has 0 fully saturated rings. The number of aliphatic carboxylic acids is 1. The summed E-state index contributed by atoms with van der Waals surface area (Å²) in [5, 5.41) is 16.2. The molecule has 0 spiro atoms. The fourth-order valence-electron chi connectivity index (χ4n) is 1.59. The number of carbonyl (C=O) groups is 2. The minimum Gasteiger partial charge on any atom is -0.543 e. The van der Waals surface area contributed by atoms with Crippen molar-refractivity contribution in [3.05, 3.63) is 45.6 Å². The molecule has 5 nitrogen and oxygen atoms in total. The highest BCUT2D eigenvalue weighted by molar-refractivity contribution is 6.33. The zero-order chi connectivity index (χ0) is 13.3. The van der Waals surface area contributed by atoms with Crippen LogP contribution in [0.15, 0.2) is 30.0 Å². The van der Waals surface area contributed by atoms with Gasteiger partial charge in [-0.15, -0.1) is 0 Å². The molecule has 1 heterocycles. The smallest absolute Gasteiger partial charge is 0.320 e. The first-order chi connectivity index (χ1) is 8.47. The van der Waals surface area contributed by atoms with E-state index in [2.05, 4.69) is 10.6 Å². The summed E-state index contributed by atoms with van der Waals surface area (Å²) in [6.45, 7) is 0. The first kappa shape index (κ1) is 12.7. The summed E-state index contributed by atoms with van der Waals surface area (Å²) in [5.41, 5.74) is 0.206. The maximum Gasteiger partial charge on any atom is 0.320 e. The van der Waals surface area contributed by atoms with Gasteiger partial charge in [-0.3, -0.25) is 0 Å². The van der Waals surface area contributed by atoms with Crippen LogP contribution >= 0.6 is 23.2 Å². The third-order valence-corrected chi connectivity index (χ3v) is 2.96. The lowest BCUT2D eigenvalue weighted by Crippen LogP contribution is -2.46. The van der Waals surface area contributed by atoms with Crippen LogP contribution in [0.4, 0.5) is 4.79 Å². The van der Waals surface area contributed by atoms with Gasteiger partial charge in [-0.05, 0) is 29.8 Å². The fourth-order valence-corrected chi connectivity index (χ4v) is 2.00. The highest BCUT2D eigenvalue weighted by atomic mass is 35.5. The molecule has 2 N–H and O–H groups in total. The Kier molecular flexibility index (Phi) is 3.45. The predicted octanol–water partition coefficient (Wildman–Crippen LogP) is 0.981. The molecule has 94 valence electrons. The van der Waals surface area contributed by atoms with Gasteiger partial charge in [0.1, 0.15) is 0 Å². The van der Waals surface area contributed by atoms with Crippen LogP contribution in [0.3, 0.4) is 0 Å². The number of hydrogen-bond donors (Lipinski definition) is 2. The summed E-state index contributed by atoms with van der Waals surface area (Å²) in [5.74, 6) is -1.46. The Morgan fingerprint density at radius 3 is 2.72 bits per heavy atom. The number of halogens is 2. The molecule has 1 aliphatic heterocycles. The van der Waals surface area contributed by atoms with Gasteiger partial charge < -0.3 is 20.5 Å². The number of urea groups is 1. The van der Waals surface area contributed by atoms with Crippen LogP contribution in [0, 0.1) is 0 Å². The summed E-state index contributed by atoms with van der Waals surface area (Å²) in [6.07, 6.45) is 1.30. The van der Waals surface area contributed by atoms with Gasteiger partial charge in [-0.2, -0.15) is 0 Å². The van der Waals surface area contributed by atoms with Gasteiger partial charge in [0.05, 0.1) is 17.7 Å². The van der Waals surface area contributed by atoms with Crippen LogP contribution < -0.4 is 15.7 Å². The van der Waals surface area contributed by atoms with Gasteiger partial charge in [-0.25, -0.2) is 4.79 Å². The van der Waals surface area contributed by atoms with Crippen molar-refractivity contribution in [3.63, 3.8) is 0 Å². The van der Waals surface area contributed by atoms with E-state index in [0.29, 0.717) is 15.6 Å². The third-order valence-electron chi connectivity index (χ3n) is 2.38. The number of carboxylic acid groups (broad SMARTS) is 1. The summed E-state index contributed by atoms with van der Waals surface area (Å²) >= 11 is 11.8. The second kappa shape index (κ2) is 4.88. The van der Waals surface area contributed by atoms with Crippen molar-refractivity contribution < 1.29 is 14.7 Å². The second-order valence-corrected chi connectivity index (χ2v) is 4.45. The maximum atomic E-state index is 11.3. The first-order valence-corrected chi connectivity index (χ1v) is 5.68. The zero-order valence-electron chi connectivity index (χ0n) is 8.87. The Hall–Kier alpha value is -1.72. The summed E-state index contributed by atoms with van der Waals surface area (Å²) < 4.78 is 0. The minimum absolute atomic E-state index is 0.306. The number of hydrogen-bond acceptors (Lipinski definition) is 3. The SMILES string of the molecule is O=C1NC(C(=O)[O-])=C[C@H](c2cc(Cl)ccc2Cl)N1. The average molecular weight is 286 g/mol. The molecule has 0 aromatic heterocycles. The van der Waals surface area contributed by atoms with E-state index in [1.807, 2.05) is 0 Å². The molecule has 1 aliphatic rings. The van der Waals surface area contributed by atoms with E-state index >= 15 is 0 Å². The lowest BCUT2D eigenvalue weighted by Gasteiger charge is -2.25. The Balaban J connectivity index is 2.43. The Morgan fingerprint density at radius 1 is 1.33 bits per heavy atom. The molecule has 18 heavy (non-hydrogen) atoms. The third kappa shape index (κ3) is 2.57. The van der Waals surface area contributed by atoms with Crippen LogP contribution in [0.1, 0.15) is 11.6 Å². The van der Waals surface area contributed by atoms with Crippen molar-refractivity contribution in [2.45, 2.75) is 6.04 Å². The average Bonchev–Trinajstić information content (AvgIpc) is 2.31. The highest BCUT2D eigenvalue weighted by Crippen LogP contribution is 2.28. The molecule has 0 aliphatic carbocycles. The molecular formula is C11H7Cl2N2O3-. The van der Waals surface area contributed by atoms with E-state index < -0.39 is 18.0 Å². The van der Waals surface area contributed by atoms with Gasteiger partial charge in [0, 0.05) is 10.0 Å². The second-order valence-electron chi connectivity index (χ2n) is 3.61. The molecule has 2 amide bonds. The fraction of sp³-hybridized carbons (Fsp3) is 0.0909. The Morgan fingerprint density at radius 2 is 2.06 bits per heavy atom. The number of carbonyl (C=O) groups excluding carboxylic acids is 2. The van der Waals surface area contributed by atoms with Gasteiger partial charge in [0.25, 0.3) is 0 Å². The molecule has 0 unspecified atom stereocenters. The molecule has 0 saturated heterocycles. The molecule has 0 radical (unpaired) electrons. The molecule has 1 aromatic carbocycles. The van der Waals surface area contributed by atoms with Gasteiger partial charge in [0.2, 0.25) is 0 Å². The number of nitrogens with one attached hydrogen (secondary N) is 2. The van der Waals surface area contributed by atoms with Crippen molar-refractivity contribution in [2.24, 2.45) is 0 Å². The van der Waals surface area contributed by atoms with E-state index in [1.54, 1.807) is 18.2 Å². The predicted molar refractivity (Wildman–Crippen MR) is 64.0 cm³/mol. The van der Waals surface area contributed by atoms with Crippen LogP contribution in [0.5, 0.6) is 0 Å². The first-order valence-electron chi connectivity index (χ1n) is 4.93. The zero-order valence-corrected chi connectivity index (χ0v) is 10.4. The van der Waals surface area contributed by atoms with Gasteiger partial charge in [0.15, 0.2) is 0 Å². The molecule has 2 rings (SSSR count). The molecule has 1 aromatic rings. The van der Waals surface area contributed by atoms with E-state index in [1.165, 1.54) is 6.08 Å². The van der Waals surface area contributed by atoms with E-state index in [9.17, 15) is 14.7 Å². The van der Waals surface area contributed by atoms with Crippen molar-refractivity contribution in [1.29, 1.82) is 0 Å². The van der Waals surface area contributed by atoms with Crippen molar-refractivity contribution in [1.82, 2.24) is 10.6 Å². The number of amides is 2. The molecule has 1 atom stereocenters. The summed E-state index contributed by atoms with van der Waals surface area (Å²) in [6, 6.07) is 3.42. The van der Waals surface area contributed by atoms with Crippen molar-refractivity contribution in [2.75, 3.05) is 0 Å². The monoisotopic (exact) mass is 285 g/mol. The van der Waals surface area contributed by atoms with Crippen LogP contribution in [0.25, 0.3) is 0 Å². The normalized spacial score (nSPS) is 18.7. The molecule has 7 heteroatoms. The minimum atomic E-state index is -1.46. The standard InChI is InChI=1S/C11H8Cl2N2O3/c12-5-1-2-7(13)6(3-5)8-4-9(10(16)17)15-11(18)14-8/h1-4,8H,(H,16,17)(H2,14,15,18)/p-1/t8-/m1/s1. The molecular weight excluding hydrogens is 279 g/mol. The van der Waals surface area contributed by atoms with Crippen molar-refractivity contribution in [3.8, 4) is 0 Å². The largest absolute Gasteiger partial charge is 0.543 e. The van der Waals surface area contributed by atoms with E-state index in [-0.39, 0.29) is 5.70 Å². The Bertz CT molecular complexity index is 557. The maximum absolute atomic E-state index is 11.3. The Labute approximate surface area is 112 Å². The van der Waals surface area contributed by atoms with Gasteiger partial charge in [-0.1, -0.05) is 23.2 Å². The van der Waals surface area contributed by atoms with Crippen molar-refractivity contribution >= 4 is 35.2 Å². The number of benzene rings is 1. The summed E-state index contributed by atoms with van der Waals surface area (Å²) in [7, 11) is 0. The van der Waals surface area contributed by atoms with Crippen LogP contribution in [-0.2, 0) is 4.79 Å². The van der Waals surface area contributed by atoms with Gasteiger partial charge >= 0.3 is 6.03 Å². The number of rotatable bonds is 2. The van der Waals surface area contributed by atoms with Crippen LogP contribution in [0.2, 0.25) is 10.0 Å². The molecule has 0 saturated carbocycles. The van der Waals surface area contributed by atoms with E-state index in [0.717, 1.165) is 0 Å².